The Hall–Kier alpha value is -3.41. The molecule has 148 valence electrons. The lowest BCUT2D eigenvalue weighted by molar-refractivity contribution is -0.125. The molecular formula is C23H22FN3O2. The molecule has 0 atom stereocenters. The number of carbonyl (C=O) groups is 1. The van der Waals surface area contributed by atoms with Crippen molar-refractivity contribution >= 4 is 12.0 Å². The zero-order valence-electron chi connectivity index (χ0n) is 16.4. The summed E-state index contributed by atoms with van der Waals surface area (Å²) in [6.45, 7) is 2.98. The second-order valence-corrected chi connectivity index (χ2v) is 7.13. The van der Waals surface area contributed by atoms with Crippen LogP contribution in [0.15, 0.2) is 60.6 Å². The molecule has 1 amide bonds. The van der Waals surface area contributed by atoms with Crippen LogP contribution >= 0.6 is 0 Å². The first kappa shape index (κ1) is 18.9. The molecule has 4 rings (SSSR count). The third-order valence-electron chi connectivity index (χ3n) is 5.01. The van der Waals surface area contributed by atoms with E-state index in [0.717, 1.165) is 28.1 Å². The van der Waals surface area contributed by atoms with Crippen molar-refractivity contribution in [3.05, 3.63) is 83.2 Å². The molecule has 1 aromatic heterocycles. The maximum Gasteiger partial charge on any atom is 0.250 e. The highest BCUT2D eigenvalue weighted by Crippen LogP contribution is 2.28. The van der Waals surface area contributed by atoms with E-state index in [-0.39, 0.29) is 11.7 Å². The fourth-order valence-electron chi connectivity index (χ4n) is 3.56. The van der Waals surface area contributed by atoms with Gasteiger partial charge in [-0.25, -0.2) is 9.37 Å². The quantitative estimate of drug-likeness (QED) is 0.614. The molecule has 1 saturated heterocycles. The van der Waals surface area contributed by atoms with Gasteiger partial charge in [0.1, 0.15) is 11.6 Å². The van der Waals surface area contributed by atoms with Gasteiger partial charge in [-0.1, -0.05) is 18.2 Å². The Morgan fingerprint density at radius 1 is 1.24 bits per heavy atom. The average Bonchev–Trinajstić information content (AvgIpc) is 3.29. The van der Waals surface area contributed by atoms with Crippen LogP contribution < -0.4 is 4.74 Å². The maximum atomic E-state index is 13.4. The van der Waals surface area contributed by atoms with Crippen LogP contribution in [0.5, 0.6) is 5.75 Å². The van der Waals surface area contributed by atoms with E-state index in [1.165, 1.54) is 12.1 Å². The summed E-state index contributed by atoms with van der Waals surface area (Å²) < 4.78 is 20.9. The molecule has 1 fully saturated rings. The fourth-order valence-corrected chi connectivity index (χ4v) is 3.56. The minimum absolute atomic E-state index is 0.0115. The van der Waals surface area contributed by atoms with Crippen molar-refractivity contribution in [1.82, 2.24) is 14.5 Å². The SMILES string of the molecule is COc1cc(/C=C2\CCN(Cc3cccc(F)c3)C2=O)ccc1-n1cnc(C)c1. The lowest BCUT2D eigenvalue weighted by atomic mass is 10.1. The largest absolute Gasteiger partial charge is 0.495 e. The normalized spacial score (nSPS) is 15.3. The van der Waals surface area contributed by atoms with Crippen LogP contribution in [0.4, 0.5) is 4.39 Å². The van der Waals surface area contributed by atoms with Crippen molar-refractivity contribution in [2.24, 2.45) is 0 Å². The van der Waals surface area contributed by atoms with Crippen LogP contribution in [-0.4, -0.2) is 34.0 Å². The number of benzene rings is 2. The van der Waals surface area contributed by atoms with Gasteiger partial charge in [-0.15, -0.1) is 0 Å². The number of likely N-dealkylation sites (tertiary alicyclic amines) is 1. The number of carbonyl (C=O) groups excluding carboxylic acids is 1. The predicted molar refractivity (Wildman–Crippen MR) is 109 cm³/mol. The van der Waals surface area contributed by atoms with E-state index in [4.69, 9.17) is 4.74 Å². The van der Waals surface area contributed by atoms with Gasteiger partial charge in [0.15, 0.2) is 0 Å². The van der Waals surface area contributed by atoms with Gasteiger partial charge in [-0.2, -0.15) is 0 Å². The number of amides is 1. The first-order valence-corrected chi connectivity index (χ1v) is 9.47. The van der Waals surface area contributed by atoms with Crippen LogP contribution in [0.2, 0.25) is 0 Å². The number of aromatic nitrogens is 2. The molecule has 0 radical (unpaired) electrons. The molecule has 2 aromatic carbocycles. The Kier molecular flexibility index (Phi) is 5.16. The van der Waals surface area contributed by atoms with Crippen molar-refractivity contribution in [3.8, 4) is 11.4 Å². The van der Waals surface area contributed by atoms with Crippen molar-refractivity contribution in [2.45, 2.75) is 19.9 Å². The summed E-state index contributed by atoms with van der Waals surface area (Å²) in [5, 5.41) is 0. The van der Waals surface area contributed by atoms with E-state index in [2.05, 4.69) is 4.98 Å². The second-order valence-electron chi connectivity index (χ2n) is 7.13. The zero-order chi connectivity index (χ0) is 20.4. The van der Waals surface area contributed by atoms with E-state index >= 15 is 0 Å². The molecule has 0 spiro atoms. The van der Waals surface area contributed by atoms with E-state index in [1.807, 2.05) is 48.0 Å². The molecule has 3 aromatic rings. The first-order chi connectivity index (χ1) is 14.0. The highest BCUT2D eigenvalue weighted by molar-refractivity contribution is 5.99. The molecule has 0 saturated carbocycles. The van der Waals surface area contributed by atoms with Gasteiger partial charge in [0.25, 0.3) is 0 Å². The molecule has 1 aliphatic heterocycles. The average molecular weight is 391 g/mol. The monoisotopic (exact) mass is 391 g/mol. The van der Waals surface area contributed by atoms with Crippen LogP contribution in [0.3, 0.4) is 0 Å². The van der Waals surface area contributed by atoms with Gasteiger partial charge in [0.2, 0.25) is 5.91 Å². The summed E-state index contributed by atoms with van der Waals surface area (Å²) >= 11 is 0. The third kappa shape index (κ3) is 4.06. The number of methoxy groups -OCH3 is 1. The molecule has 5 nitrogen and oxygen atoms in total. The highest BCUT2D eigenvalue weighted by atomic mass is 19.1. The summed E-state index contributed by atoms with van der Waals surface area (Å²) in [5.41, 5.74) is 4.25. The Balaban J connectivity index is 1.54. The lowest BCUT2D eigenvalue weighted by Crippen LogP contribution is -2.24. The number of nitrogens with zero attached hydrogens (tertiary/aromatic N) is 3. The summed E-state index contributed by atoms with van der Waals surface area (Å²) in [4.78, 5) is 18.8. The maximum absolute atomic E-state index is 13.4. The molecule has 0 aliphatic carbocycles. The lowest BCUT2D eigenvalue weighted by Gasteiger charge is -2.15. The number of hydrogen-bond donors (Lipinski definition) is 0. The van der Waals surface area contributed by atoms with E-state index in [0.29, 0.717) is 25.3 Å². The standard InChI is InChI=1S/C23H22FN3O2/c1-16-13-27(15-25-16)21-7-6-17(12-22(21)29-2)10-19-8-9-26(23(19)28)14-18-4-3-5-20(24)11-18/h3-7,10-13,15H,8-9,14H2,1-2H3/b19-10+. The summed E-state index contributed by atoms with van der Waals surface area (Å²) in [6.07, 6.45) is 6.25. The van der Waals surface area contributed by atoms with Gasteiger partial charge in [-0.3, -0.25) is 4.79 Å². The molecule has 6 heteroatoms. The zero-order valence-corrected chi connectivity index (χ0v) is 16.4. The van der Waals surface area contributed by atoms with Gasteiger partial charge in [-0.05, 0) is 54.8 Å². The smallest absolute Gasteiger partial charge is 0.250 e. The second kappa shape index (κ2) is 7.91. The van der Waals surface area contributed by atoms with Crippen molar-refractivity contribution in [3.63, 3.8) is 0 Å². The topological polar surface area (TPSA) is 47.4 Å². The van der Waals surface area contributed by atoms with E-state index in [9.17, 15) is 9.18 Å². The number of halogens is 1. The van der Waals surface area contributed by atoms with E-state index < -0.39 is 0 Å². The third-order valence-corrected chi connectivity index (χ3v) is 5.01. The number of rotatable bonds is 5. The minimum Gasteiger partial charge on any atom is -0.495 e. The van der Waals surface area contributed by atoms with Crippen LogP contribution in [-0.2, 0) is 11.3 Å². The summed E-state index contributed by atoms with van der Waals surface area (Å²) in [7, 11) is 1.63. The Morgan fingerprint density at radius 3 is 2.83 bits per heavy atom. The molecule has 0 bridgehead atoms. The molecule has 1 aliphatic rings. The Morgan fingerprint density at radius 2 is 2.10 bits per heavy atom. The highest BCUT2D eigenvalue weighted by Gasteiger charge is 2.26. The van der Waals surface area contributed by atoms with Gasteiger partial charge >= 0.3 is 0 Å². The summed E-state index contributed by atoms with van der Waals surface area (Å²) in [5.74, 6) is 0.409. The fraction of sp³-hybridized carbons (Fsp3) is 0.217. The molecule has 0 unspecified atom stereocenters. The number of ether oxygens (including phenoxy) is 1. The summed E-state index contributed by atoms with van der Waals surface area (Å²) in [6, 6.07) is 12.2. The van der Waals surface area contributed by atoms with Gasteiger partial charge in [0.05, 0.1) is 24.8 Å². The Bertz CT molecular complexity index is 1090. The van der Waals surface area contributed by atoms with Crippen molar-refractivity contribution < 1.29 is 13.9 Å². The number of hydrogen-bond acceptors (Lipinski definition) is 3. The van der Waals surface area contributed by atoms with Gasteiger partial charge in [0, 0.05) is 24.9 Å². The first-order valence-electron chi connectivity index (χ1n) is 9.47. The van der Waals surface area contributed by atoms with Crippen molar-refractivity contribution in [1.29, 1.82) is 0 Å². The van der Waals surface area contributed by atoms with Crippen LogP contribution in [0.25, 0.3) is 11.8 Å². The predicted octanol–water partition coefficient (Wildman–Crippen LogP) is 4.14. The van der Waals surface area contributed by atoms with Crippen LogP contribution in [0, 0.1) is 12.7 Å². The van der Waals surface area contributed by atoms with Gasteiger partial charge < -0.3 is 14.2 Å². The van der Waals surface area contributed by atoms with E-state index in [1.54, 1.807) is 24.4 Å². The molecular weight excluding hydrogens is 369 g/mol. The number of imidazole rings is 1. The molecule has 29 heavy (non-hydrogen) atoms. The number of aryl methyl sites for hydroxylation is 1. The molecule has 0 N–H and O–H groups in total. The Labute approximate surface area is 169 Å². The van der Waals surface area contributed by atoms with Crippen molar-refractivity contribution in [2.75, 3.05) is 13.7 Å². The minimum atomic E-state index is -0.287. The van der Waals surface area contributed by atoms with Crippen LogP contribution in [0.1, 0.15) is 23.2 Å². The molecule has 2 heterocycles.